The summed E-state index contributed by atoms with van der Waals surface area (Å²) in [5.41, 5.74) is 9.04. The number of thiophene rings is 1. The zero-order valence-corrected chi connectivity index (χ0v) is 17.9. The third-order valence-corrected chi connectivity index (χ3v) is 6.24. The van der Waals surface area contributed by atoms with Crippen LogP contribution in [-0.4, -0.2) is 11.1 Å². The zero-order valence-electron chi connectivity index (χ0n) is 17.1. The fraction of sp³-hybridized carbons (Fsp3) is 0.111. The molecule has 3 aromatic rings. The molecule has 152 valence electrons. The van der Waals surface area contributed by atoms with E-state index in [2.05, 4.69) is 42.1 Å². The Morgan fingerprint density at radius 1 is 1.16 bits per heavy atom. The normalized spacial score (nSPS) is 13.5. The number of allylic oxidation sites excluding steroid dienone is 3. The van der Waals surface area contributed by atoms with Crippen molar-refractivity contribution in [2.45, 2.75) is 19.8 Å². The number of rotatable bonds is 6. The number of carboxylic acids is 1. The molecule has 1 N–H and O–H groups in total. The van der Waals surface area contributed by atoms with Gasteiger partial charge in [-0.1, -0.05) is 67.6 Å². The molecule has 0 spiro atoms. The van der Waals surface area contributed by atoms with E-state index >= 15 is 0 Å². The Bertz CT molecular complexity index is 1270. The third-order valence-electron chi connectivity index (χ3n) is 5.43. The summed E-state index contributed by atoms with van der Waals surface area (Å²) in [6, 6.07) is 18.4. The lowest BCUT2D eigenvalue weighted by Crippen LogP contribution is -1.96. The molecule has 0 atom stereocenters. The van der Waals surface area contributed by atoms with Gasteiger partial charge in [0.25, 0.3) is 0 Å². The van der Waals surface area contributed by atoms with Gasteiger partial charge in [-0.3, -0.25) is 0 Å². The largest absolute Gasteiger partial charge is 0.478 e. The first kappa shape index (κ1) is 20.6. The Morgan fingerprint density at radius 3 is 2.61 bits per heavy atom. The summed E-state index contributed by atoms with van der Waals surface area (Å²) in [6.07, 6.45) is 6.65. The van der Waals surface area contributed by atoms with Crippen LogP contribution >= 0.6 is 11.3 Å². The van der Waals surface area contributed by atoms with E-state index in [1.807, 2.05) is 35.7 Å². The highest BCUT2D eigenvalue weighted by molar-refractivity contribution is 7.14. The number of carboxylic acid groups (broad SMARTS) is 1. The maximum atomic E-state index is 10.8. The molecular weight excluding hydrogens is 402 g/mol. The molecule has 0 saturated heterocycles. The average molecular weight is 424 g/mol. The van der Waals surface area contributed by atoms with Gasteiger partial charge in [0.05, 0.1) is 6.57 Å². The first-order chi connectivity index (χ1) is 15.1. The second-order valence-corrected chi connectivity index (χ2v) is 8.19. The van der Waals surface area contributed by atoms with Crippen LogP contribution in [-0.2, 0) is 11.2 Å². The summed E-state index contributed by atoms with van der Waals surface area (Å²) in [7, 11) is 0. The number of hydrogen-bond acceptors (Lipinski definition) is 2. The Labute approximate surface area is 186 Å². The number of carbonyl (C=O) groups is 1. The van der Waals surface area contributed by atoms with E-state index < -0.39 is 5.97 Å². The third kappa shape index (κ3) is 4.28. The molecule has 1 heterocycles. The standard InChI is InChI=1S/C27H21NO2S/c1-3-23(24-14-15-31-27(24)28-2)26(22-16-20-6-4-5-7-21(20)17-22)19-11-8-18(9-12-19)10-13-25(29)30/h4-16H,3,17H2,1H3,(H,29,30)/b13-10+,26-23+. The van der Waals surface area contributed by atoms with Crippen molar-refractivity contribution >= 4 is 45.6 Å². The van der Waals surface area contributed by atoms with Crippen molar-refractivity contribution in [1.29, 1.82) is 0 Å². The van der Waals surface area contributed by atoms with Crippen LogP contribution in [0.2, 0.25) is 0 Å². The van der Waals surface area contributed by atoms with Crippen LogP contribution in [0.3, 0.4) is 0 Å². The molecule has 2 aromatic carbocycles. The topological polar surface area (TPSA) is 41.7 Å². The number of benzene rings is 2. The monoisotopic (exact) mass is 423 g/mol. The van der Waals surface area contributed by atoms with Crippen LogP contribution in [0.5, 0.6) is 0 Å². The van der Waals surface area contributed by atoms with Gasteiger partial charge in [-0.25, -0.2) is 9.64 Å². The van der Waals surface area contributed by atoms with E-state index in [1.54, 1.807) is 6.08 Å². The van der Waals surface area contributed by atoms with E-state index in [1.165, 1.54) is 33.6 Å². The molecule has 1 aliphatic carbocycles. The van der Waals surface area contributed by atoms with Gasteiger partial charge in [-0.2, -0.15) is 11.3 Å². The molecule has 0 fully saturated rings. The van der Waals surface area contributed by atoms with Crippen molar-refractivity contribution in [3.05, 3.63) is 111 Å². The van der Waals surface area contributed by atoms with Crippen molar-refractivity contribution in [2.75, 3.05) is 0 Å². The second-order valence-electron chi connectivity index (χ2n) is 7.30. The van der Waals surface area contributed by atoms with Crippen molar-refractivity contribution in [2.24, 2.45) is 0 Å². The minimum atomic E-state index is -0.962. The highest BCUT2D eigenvalue weighted by atomic mass is 32.1. The maximum Gasteiger partial charge on any atom is 0.328 e. The van der Waals surface area contributed by atoms with E-state index in [-0.39, 0.29) is 0 Å². The molecule has 0 unspecified atom stereocenters. The van der Waals surface area contributed by atoms with Crippen LogP contribution in [0.4, 0.5) is 5.00 Å². The number of nitrogens with zero attached hydrogens (tertiary/aromatic N) is 1. The summed E-state index contributed by atoms with van der Waals surface area (Å²) in [6.45, 7) is 9.71. The molecule has 1 aromatic heterocycles. The second kappa shape index (κ2) is 8.99. The molecule has 0 saturated carbocycles. The van der Waals surface area contributed by atoms with Crippen LogP contribution < -0.4 is 0 Å². The Hall–Kier alpha value is -3.68. The van der Waals surface area contributed by atoms with Gasteiger partial charge in [0.2, 0.25) is 5.00 Å². The predicted molar refractivity (Wildman–Crippen MR) is 129 cm³/mol. The number of aliphatic carboxylic acids is 1. The highest BCUT2D eigenvalue weighted by Gasteiger charge is 2.21. The molecule has 0 bridgehead atoms. The molecule has 3 nitrogen and oxygen atoms in total. The van der Waals surface area contributed by atoms with Crippen LogP contribution in [0.25, 0.3) is 28.1 Å². The average Bonchev–Trinajstić information content (AvgIpc) is 3.42. The fourth-order valence-electron chi connectivity index (χ4n) is 4.04. The molecular formula is C27H21NO2S. The van der Waals surface area contributed by atoms with Crippen molar-refractivity contribution in [3.63, 3.8) is 0 Å². The molecule has 31 heavy (non-hydrogen) atoms. The van der Waals surface area contributed by atoms with Gasteiger partial charge < -0.3 is 5.11 Å². The smallest absolute Gasteiger partial charge is 0.328 e. The maximum absolute atomic E-state index is 10.8. The quantitative estimate of drug-likeness (QED) is 0.332. The summed E-state index contributed by atoms with van der Waals surface area (Å²) in [5, 5.41) is 11.6. The summed E-state index contributed by atoms with van der Waals surface area (Å²) < 4.78 is 0. The first-order valence-electron chi connectivity index (χ1n) is 10.1. The molecule has 0 radical (unpaired) electrons. The fourth-order valence-corrected chi connectivity index (χ4v) is 4.75. The van der Waals surface area contributed by atoms with Gasteiger partial charge in [0, 0.05) is 6.08 Å². The minimum absolute atomic E-state index is 0.714. The van der Waals surface area contributed by atoms with Crippen molar-refractivity contribution < 1.29 is 9.90 Å². The lowest BCUT2D eigenvalue weighted by molar-refractivity contribution is -0.131. The van der Waals surface area contributed by atoms with Gasteiger partial charge in [-0.15, -0.1) is 0 Å². The number of hydrogen-bond donors (Lipinski definition) is 1. The van der Waals surface area contributed by atoms with Crippen LogP contribution in [0, 0.1) is 6.57 Å². The van der Waals surface area contributed by atoms with Gasteiger partial charge in [0.15, 0.2) is 0 Å². The van der Waals surface area contributed by atoms with E-state index in [4.69, 9.17) is 11.7 Å². The Morgan fingerprint density at radius 2 is 1.94 bits per heavy atom. The first-order valence-corrected chi connectivity index (χ1v) is 11.0. The minimum Gasteiger partial charge on any atom is -0.478 e. The lowest BCUT2D eigenvalue weighted by Gasteiger charge is -2.17. The zero-order chi connectivity index (χ0) is 21.8. The molecule has 1 aliphatic rings. The van der Waals surface area contributed by atoms with E-state index in [9.17, 15) is 4.79 Å². The Balaban J connectivity index is 1.87. The summed E-state index contributed by atoms with van der Waals surface area (Å²) in [4.78, 5) is 14.6. The number of fused-ring (bicyclic) bond motifs is 1. The summed E-state index contributed by atoms with van der Waals surface area (Å²) >= 11 is 1.47. The van der Waals surface area contributed by atoms with Gasteiger partial charge in [-0.05, 0) is 68.8 Å². The SMILES string of the molecule is [C-]#[N+]c1sccc1/C(CC)=C(/C1=Cc2ccccc2C1)c1ccc(/C=C/C(=O)O)cc1. The van der Waals surface area contributed by atoms with Gasteiger partial charge >= 0.3 is 5.97 Å². The van der Waals surface area contributed by atoms with Gasteiger partial charge in [0.1, 0.15) is 0 Å². The van der Waals surface area contributed by atoms with Crippen molar-refractivity contribution in [1.82, 2.24) is 0 Å². The molecule has 4 heteroatoms. The van der Waals surface area contributed by atoms with Crippen LogP contribution in [0.15, 0.2) is 71.6 Å². The van der Waals surface area contributed by atoms with Crippen molar-refractivity contribution in [3.8, 4) is 0 Å². The highest BCUT2D eigenvalue weighted by Crippen LogP contribution is 2.43. The Kier molecular flexibility index (Phi) is 5.97. The van der Waals surface area contributed by atoms with Crippen LogP contribution in [0.1, 0.15) is 41.2 Å². The van der Waals surface area contributed by atoms with E-state index in [0.29, 0.717) is 5.00 Å². The molecule has 4 rings (SSSR count). The molecule has 0 amide bonds. The summed E-state index contributed by atoms with van der Waals surface area (Å²) in [5.74, 6) is -0.962. The predicted octanol–water partition coefficient (Wildman–Crippen LogP) is 7.36. The molecule has 0 aliphatic heterocycles. The van der Waals surface area contributed by atoms with E-state index in [0.717, 1.165) is 41.2 Å². The lowest BCUT2D eigenvalue weighted by atomic mass is 9.87.